The summed E-state index contributed by atoms with van der Waals surface area (Å²) in [6.07, 6.45) is 3.66. The largest absolute Gasteiger partial charge is 0.313 e. The highest BCUT2D eigenvalue weighted by Crippen LogP contribution is 2.36. The van der Waals surface area contributed by atoms with Crippen LogP contribution in [0.25, 0.3) is 0 Å². The Hall–Kier alpha value is 0.01000. The summed E-state index contributed by atoms with van der Waals surface area (Å²) >= 11 is 5.55. The van der Waals surface area contributed by atoms with Gasteiger partial charge in [-0.15, -0.1) is 11.8 Å². The molecule has 0 aromatic heterocycles. The second-order valence-electron chi connectivity index (χ2n) is 4.54. The summed E-state index contributed by atoms with van der Waals surface area (Å²) in [5.41, 5.74) is 1.53. The number of thioether (sulfide) groups is 1. The van der Waals surface area contributed by atoms with Crippen molar-refractivity contribution in [2.24, 2.45) is 0 Å². The van der Waals surface area contributed by atoms with Gasteiger partial charge in [0.25, 0.3) is 0 Å². The first kappa shape index (κ1) is 13.4. The zero-order valence-electron chi connectivity index (χ0n) is 10.3. The van der Waals surface area contributed by atoms with E-state index < -0.39 is 0 Å². The van der Waals surface area contributed by atoms with Crippen molar-refractivity contribution >= 4 is 27.7 Å². The number of fused-ring (bicyclic) bond motifs is 1. The molecule has 2 rings (SSSR count). The Bertz CT molecular complexity index is 331. The van der Waals surface area contributed by atoms with Crippen LogP contribution in [0.3, 0.4) is 0 Å². The first-order valence-electron chi connectivity index (χ1n) is 6.37. The average molecular weight is 314 g/mol. The predicted octanol–water partition coefficient (Wildman–Crippen LogP) is 3.86. The molecule has 0 spiro atoms. The van der Waals surface area contributed by atoms with Crippen LogP contribution in [0, 0.1) is 0 Å². The zero-order valence-corrected chi connectivity index (χ0v) is 12.7. The van der Waals surface area contributed by atoms with Gasteiger partial charge in [0, 0.05) is 28.1 Å². The molecule has 3 heteroatoms. The Morgan fingerprint density at radius 3 is 3.00 bits per heavy atom. The van der Waals surface area contributed by atoms with Crippen molar-refractivity contribution in [3.05, 3.63) is 29.8 Å². The number of hydrogen-bond donors (Lipinski definition) is 1. The van der Waals surface area contributed by atoms with Gasteiger partial charge in [0.15, 0.2) is 0 Å². The molecule has 0 radical (unpaired) electrons. The van der Waals surface area contributed by atoms with Crippen molar-refractivity contribution in [2.75, 3.05) is 11.9 Å². The van der Waals surface area contributed by atoms with Crippen LogP contribution in [0.4, 0.5) is 0 Å². The first-order chi connectivity index (χ1) is 8.33. The molecule has 0 bridgehead atoms. The third-order valence-corrected chi connectivity index (χ3v) is 5.08. The number of hydrogen-bond acceptors (Lipinski definition) is 2. The fraction of sp³-hybridized carbons (Fsp3) is 0.571. The second kappa shape index (κ2) is 6.81. The van der Waals surface area contributed by atoms with Gasteiger partial charge in [0.05, 0.1) is 0 Å². The lowest BCUT2D eigenvalue weighted by Gasteiger charge is -2.18. The Balaban J connectivity index is 1.79. The van der Waals surface area contributed by atoms with Crippen molar-refractivity contribution < 1.29 is 0 Å². The van der Waals surface area contributed by atoms with Crippen molar-refractivity contribution in [1.82, 2.24) is 5.32 Å². The molecule has 1 heterocycles. The third kappa shape index (κ3) is 3.73. The molecule has 0 aliphatic carbocycles. The highest BCUT2D eigenvalue weighted by Gasteiger charge is 2.21. The molecule has 2 unspecified atom stereocenters. The smallest absolute Gasteiger partial charge is 0.0260 e. The van der Waals surface area contributed by atoms with Gasteiger partial charge in [-0.3, -0.25) is 0 Å². The van der Waals surface area contributed by atoms with E-state index >= 15 is 0 Å². The van der Waals surface area contributed by atoms with E-state index in [1.54, 1.807) is 0 Å². The van der Waals surface area contributed by atoms with Crippen LogP contribution in [0.1, 0.15) is 25.3 Å². The van der Waals surface area contributed by atoms with Gasteiger partial charge in [0.1, 0.15) is 0 Å². The summed E-state index contributed by atoms with van der Waals surface area (Å²) in [6, 6.07) is 9.46. The van der Waals surface area contributed by atoms with Gasteiger partial charge in [0.2, 0.25) is 0 Å². The Kier molecular flexibility index (Phi) is 5.39. The molecule has 1 aliphatic heterocycles. The normalized spacial score (nSPS) is 20.2. The SMILES string of the molecule is CCC(CCBr)NCC1Cc2ccccc2S1. The van der Waals surface area contributed by atoms with Gasteiger partial charge in [-0.25, -0.2) is 0 Å². The summed E-state index contributed by atoms with van der Waals surface area (Å²) in [5, 5.41) is 5.51. The van der Waals surface area contributed by atoms with Crippen LogP contribution in [-0.2, 0) is 6.42 Å². The van der Waals surface area contributed by atoms with Gasteiger partial charge in [-0.05, 0) is 30.9 Å². The quantitative estimate of drug-likeness (QED) is 0.800. The fourth-order valence-corrected chi connectivity index (χ4v) is 4.06. The van der Waals surface area contributed by atoms with Crippen molar-refractivity contribution in [3.63, 3.8) is 0 Å². The molecule has 1 N–H and O–H groups in total. The maximum absolute atomic E-state index is 3.70. The van der Waals surface area contributed by atoms with Crippen LogP contribution in [0.5, 0.6) is 0 Å². The van der Waals surface area contributed by atoms with Crippen LogP contribution < -0.4 is 5.32 Å². The lowest BCUT2D eigenvalue weighted by atomic mass is 10.1. The number of alkyl halides is 1. The number of nitrogens with one attached hydrogen (secondary N) is 1. The van der Waals surface area contributed by atoms with Crippen molar-refractivity contribution in [3.8, 4) is 0 Å². The standard InChI is InChI=1S/C14H20BrNS/c1-2-12(7-8-15)16-10-13-9-11-5-3-4-6-14(11)17-13/h3-6,12-13,16H,2,7-10H2,1H3. The molecule has 0 saturated carbocycles. The van der Waals surface area contributed by atoms with Crippen LogP contribution in [0.2, 0.25) is 0 Å². The minimum Gasteiger partial charge on any atom is -0.313 e. The van der Waals surface area contributed by atoms with E-state index in [2.05, 4.69) is 52.4 Å². The molecule has 1 aromatic carbocycles. The monoisotopic (exact) mass is 313 g/mol. The molecule has 0 fully saturated rings. The van der Waals surface area contributed by atoms with E-state index in [1.807, 2.05) is 11.8 Å². The molecule has 17 heavy (non-hydrogen) atoms. The third-order valence-electron chi connectivity index (χ3n) is 3.30. The molecule has 1 aliphatic rings. The van der Waals surface area contributed by atoms with Crippen LogP contribution in [-0.4, -0.2) is 23.2 Å². The van der Waals surface area contributed by atoms with E-state index in [4.69, 9.17) is 0 Å². The van der Waals surface area contributed by atoms with E-state index in [0.29, 0.717) is 6.04 Å². The maximum Gasteiger partial charge on any atom is 0.0260 e. The predicted molar refractivity (Wildman–Crippen MR) is 80.3 cm³/mol. The molecule has 2 atom stereocenters. The summed E-state index contributed by atoms with van der Waals surface area (Å²) in [6.45, 7) is 3.39. The highest BCUT2D eigenvalue weighted by atomic mass is 79.9. The molecule has 94 valence electrons. The molecule has 0 amide bonds. The Labute approximate surface area is 117 Å². The number of benzene rings is 1. The molecule has 1 aromatic rings. The van der Waals surface area contributed by atoms with Crippen molar-refractivity contribution in [1.29, 1.82) is 0 Å². The van der Waals surface area contributed by atoms with Crippen molar-refractivity contribution in [2.45, 2.75) is 42.4 Å². The number of halogens is 1. The van der Waals surface area contributed by atoms with Gasteiger partial charge < -0.3 is 5.32 Å². The lowest BCUT2D eigenvalue weighted by molar-refractivity contribution is 0.487. The second-order valence-corrected chi connectivity index (χ2v) is 6.68. The number of rotatable bonds is 6. The maximum atomic E-state index is 3.70. The Morgan fingerprint density at radius 1 is 1.47 bits per heavy atom. The van der Waals surface area contributed by atoms with E-state index in [-0.39, 0.29) is 0 Å². The van der Waals surface area contributed by atoms with E-state index in [0.717, 1.165) is 17.1 Å². The molecule has 1 nitrogen and oxygen atoms in total. The zero-order chi connectivity index (χ0) is 12.1. The average Bonchev–Trinajstić information content (AvgIpc) is 2.77. The van der Waals surface area contributed by atoms with Gasteiger partial charge in [-0.2, -0.15) is 0 Å². The lowest BCUT2D eigenvalue weighted by Crippen LogP contribution is -2.34. The van der Waals surface area contributed by atoms with E-state index in [9.17, 15) is 0 Å². The molecular formula is C14H20BrNS. The minimum absolute atomic E-state index is 0.665. The van der Waals surface area contributed by atoms with Crippen LogP contribution >= 0.6 is 27.7 Å². The summed E-state index contributed by atoms with van der Waals surface area (Å²) in [5.74, 6) is 0. The first-order valence-corrected chi connectivity index (χ1v) is 8.37. The fourth-order valence-electron chi connectivity index (χ4n) is 2.25. The Morgan fingerprint density at radius 2 is 2.29 bits per heavy atom. The van der Waals surface area contributed by atoms with Gasteiger partial charge >= 0.3 is 0 Å². The molecular weight excluding hydrogens is 294 g/mol. The minimum atomic E-state index is 0.665. The summed E-state index contributed by atoms with van der Waals surface area (Å²) in [4.78, 5) is 1.48. The topological polar surface area (TPSA) is 12.0 Å². The summed E-state index contributed by atoms with van der Waals surface area (Å²) < 4.78 is 0. The summed E-state index contributed by atoms with van der Waals surface area (Å²) in [7, 11) is 0. The van der Waals surface area contributed by atoms with Gasteiger partial charge in [-0.1, -0.05) is 41.1 Å². The van der Waals surface area contributed by atoms with E-state index in [1.165, 1.54) is 29.7 Å². The molecule has 0 saturated heterocycles. The van der Waals surface area contributed by atoms with Crippen LogP contribution in [0.15, 0.2) is 29.2 Å². The highest BCUT2D eigenvalue weighted by molar-refractivity contribution is 9.09.